The van der Waals surface area contributed by atoms with Crippen LogP contribution < -0.4 is 19.5 Å². The molecule has 0 bridgehead atoms. The van der Waals surface area contributed by atoms with Crippen molar-refractivity contribution in [1.82, 2.24) is 4.90 Å². The lowest BCUT2D eigenvalue weighted by atomic mass is 10.2. The smallest absolute Gasteiger partial charge is 0.267 e. The molecule has 8 heteroatoms. The first-order valence-corrected chi connectivity index (χ1v) is 9.40. The predicted molar refractivity (Wildman–Crippen MR) is 109 cm³/mol. The molecule has 2 aliphatic heterocycles. The van der Waals surface area contributed by atoms with Gasteiger partial charge in [-0.25, -0.2) is 0 Å². The minimum Gasteiger partial charge on any atom is -0.495 e. The van der Waals surface area contributed by atoms with Crippen LogP contribution in [0.15, 0.2) is 47.4 Å². The zero-order valence-electron chi connectivity index (χ0n) is 14.4. The first kappa shape index (κ1) is 17.7. The van der Waals surface area contributed by atoms with Crippen molar-refractivity contribution in [2.24, 2.45) is 0 Å². The van der Waals surface area contributed by atoms with Gasteiger partial charge >= 0.3 is 0 Å². The van der Waals surface area contributed by atoms with Crippen LogP contribution in [0.5, 0.6) is 17.2 Å². The van der Waals surface area contributed by atoms with E-state index in [0.717, 1.165) is 11.3 Å². The maximum Gasteiger partial charge on any atom is 0.267 e. The summed E-state index contributed by atoms with van der Waals surface area (Å²) in [5.41, 5.74) is 1.66. The van der Waals surface area contributed by atoms with E-state index in [1.54, 1.807) is 7.11 Å². The summed E-state index contributed by atoms with van der Waals surface area (Å²) in [6, 6.07) is 13.1. The van der Waals surface area contributed by atoms with E-state index in [1.165, 1.54) is 16.7 Å². The van der Waals surface area contributed by atoms with Crippen LogP contribution in [0.1, 0.15) is 5.56 Å². The Hall–Kier alpha value is -2.71. The molecule has 1 fully saturated rings. The van der Waals surface area contributed by atoms with Gasteiger partial charge < -0.3 is 19.5 Å². The molecule has 2 heterocycles. The van der Waals surface area contributed by atoms with Gasteiger partial charge in [-0.2, -0.15) is 0 Å². The Balaban J connectivity index is 1.48. The number of methoxy groups -OCH3 is 1. The van der Waals surface area contributed by atoms with E-state index in [2.05, 4.69) is 5.32 Å². The summed E-state index contributed by atoms with van der Waals surface area (Å²) in [6.45, 7) is 0.485. The van der Waals surface area contributed by atoms with E-state index in [4.69, 9.17) is 26.4 Å². The summed E-state index contributed by atoms with van der Waals surface area (Å²) in [5.74, 6) is 1.96. The van der Waals surface area contributed by atoms with Crippen LogP contribution in [0.3, 0.4) is 0 Å². The lowest BCUT2D eigenvalue weighted by Gasteiger charge is -2.17. The minimum absolute atomic E-state index is 0.134. The third-order valence-corrected chi connectivity index (χ3v) is 5.48. The van der Waals surface area contributed by atoms with Crippen LogP contribution in [0.2, 0.25) is 0 Å². The van der Waals surface area contributed by atoms with Crippen molar-refractivity contribution in [2.75, 3.05) is 25.9 Å². The van der Waals surface area contributed by atoms with Crippen molar-refractivity contribution < 1.29 is 19.0 Å². The molecule has 6 nitrogen and oxygen atoms in total. The van der Waals surface area contributed by atoms with Crippen LogP contribution in [0, 0.1) is 0 Å². The highest BCUT2D eigenvalue weighted by atomic mass is 32.2. The van der Waals surface area contributed by atoms with Crippen LogP contribution in [-0.4, -0.2) is 35.7 Å². The van der Waals surface area contributed by atoms with Crippen LogP contribution in [0.4, 0.5) is 5.69 Å². The summed E-state index contributed by atoms with van der Waals surface area (Å²) in [6.07, 6.45) is 1.81. The molecule has 0 radical (unpaired) electrons. The Bertz CT molecular complexity index is 945. The van der Waals surface area contributed by atoms with Gasteiger partial charge in [0.2, 0.25) is 6.79 Å². The first-order valence-electron chi connectivity index (χ1n) is 8.17. The lowest BCUT2D eigenvalue weighted by molar-refractivity contribution is -0.121. The normalized spacial score (nSPS) is 16.9. The van der Waals surface area contributed by atoms with Crippen molar-refractivity contribution >= 4 is 46.0 Å². The maximum absolute atomic E-state index is 12.8. The van der Waals surface area contributed by atoms with Gasteiger partial charge in [0, 0.05) is 0 Å². The van der Waals surface area contributed by atoms with Gasteiger partial charge in [0.05, 0.1) is 24.4 Å². The molecule has 2 aromatic carbocycles. The molecule has 0 aliphatic carbocycles. The Morgan fingerprint density at radius 3 is 2.93 bits per heavy atom. The quantitative estimate of drug-likeness (QED) is 0.607. The maximum atomic E-state index is 12.8. The lowest BCUT2D eigenvalue weighted by Crippen LogP contribution is -2.33. The number of amides is 1. The summed E-state index contributed by atoms with van der Waals surface area (Å²) >= 11 is 6.66. The van der Waals surface area contributed by atoms with Crippen molar-refractivity contribution in [3.05, 3.63) is 52.9 Å². The number of benzene rings is 2. The number of nitrogens with zero attached hydrogens (tertiary/aromatic N) is 1. The Morgan fingerprint density at radius 1 is 1.26 bits per heavy atom. The average molecular weight is 400 g/mol. The van der Waals surface area contributed by atoms with E-state index < -0.39 is 0 Å². The fraction of sp³-hybridized carbons (Fsp3) is 0.158. The van der Waals surface area contributed by atoms with E-state index >= 15 is 0 Å². The third kappa shape index (κ3) is 3.58. The number of fused-ring (bicyclic) bond motifs is 1. The highest BCUT2D eigenvalue weighted by Crippen LogP contribution is 2.36. The van der Waals surface area contributed by atoms with Crippen molar-refractivity contribution in [3.63, 3.8) is 0 Å². The largest absolute Gasteiger partial charge is 0.495 e. The number of thiocarbonyl (C=S) groups is 1. The van der Waals surface area contributed by atoms with Gasteiger partial charge in [0.1, 0.15) is 10.1 Å². The SMILES string of the molecule is COc1ccccc1NCN1C(=O)/C(=C\c2ccc3c(c2)OCO3)SC1=S. The van der Waals surface area contributed by atoms with E-state index in [0.29, 0.717) is 26.5 Å². The first-order chi connectivity index (χ1) is 13.2. The zero-order chi connectivity index (χ0) is 18.8. The van der Waals surface area contributed by atoms with E-state index in [-0.39, 0.29) is 19.4 Å². The Labute approximate surface area is 166 Å². The molecule has 0 spiro atoms. The van der Waals surface area contributed by atoms with Crippen molar-refractivity contribution in [1.29, 1.82) is 0 Å². The molecule has 1 saturated heterocycles. The molecule has 1 N–H and O–H groups in total. The molecule has 2 aliphatic rings. The molecule has 0 aromatic heterocycles. The molecule has 4 rings (SSSR count). The molecule has 27 heavy (non-hydrogen) atoms. The van der Waals surface area contributed by atoms with Gasteiger partial charge in [-0.3, -0.25) is 9.69 Å². The number of thioether (sulfide) groups is 1. The van der Waals surface area contributed by atoms with Gasteiger partial charge in [-0.15, -0.1) is 0 Å². The number of ether oxygens (including phenoxy) is 3. The standard InChI is InChI=1S/C19H16N2O4S2/c1-23-14-5-3-2-4-13(14)20-10-21-18(22)17(27-19(21)26)9-12-6-7-15-16(8-12)25-11-24-15/h2-9,20H,10-11H2,1H3/b17-9+. The number of carbonyl (C=O) groups excluding carboxylic acids is 1. The van der Waals surface area contributed by atoms with Crippen LogP contribution in [-0.2, 0) is 4.79 Å². The number of rotatable bonds is 5. The van der Waals surface area contributed by atoms with Crippen molar-refractivity contribution in [3.8, 4) is 17.2 Å². The second-order valence-corrected chi connectivity index (χ2v) is 7.43. The van der Waals surface area contributed by atoms with Crippen molar-refractivity contribution in [2.45, 2.75) is 0 Å². The second-order valence-electron chi connectivity index (χ2n) is 5.76. The Kier molecular flexibility index (Phi) is 4.91. The monoisotopic (exact) mass is 400 g/mol. The average Bonchev–Trinajstić information content (AvgIpc) is 3.25. The topological polar surface area (TPSA) is 60.0 Å². The number of nitrogens with one attached hydrogen (secondary N) is 1. The summed E-state index contributed by atoms with van der Waals surface area (Å²) in [4.78, 5) is 14.9. The fourth-order valence-corrected chi connectivity index (χ4v) is 4.00. The van der Waals surface area contributed by atoms with Gasteiger partial charge in [-0.1, -0.05) is 42.2 Å². The minimum atomic E-state index is -0.134. The molecule has 2 aromatic rings. The molecule has 1 amide bonds. The highest BCUT2D eigenvalue weighted by Gasteiger charge is 2.32. The fourth-order valence-electron chi connectivity index (χ4n) is 2.75. The molecule has 0 atom stereocenters. The number of hydrogen-bond donors (Lipinski definition) is 1. The molecular weight excluding hydrogens is 384 g/mol. The number of carbonyl (C=O) groups is 1. The summed E-state index contributed by atoms with van der Waals surface area (Å²) < 4.78 is 16.5. The predicted octanol–water partition coefficient (Wildman–Crippen LogP) is 3.69. The van der Waals surface area contributed by atoms with E-state index in [1.807, 2.05) is 48.5 Å². The van der Waals surface area contributed by atoms with E-state index in [9.17, 15) is 4.79 Å². The van der Waals surface area contributed by atoms with Crippen LogP contribution in [0.25, 0.3) is 6.08 Å². The molecule has 138 valence electrons. The van der Waals surface area contributed by atoms with Gasteiger partial charge in [0.15, 0.2) is 11.5 Å². The molecular formula is C19H16N2O4S2. The van der Waals surface area contributed by atoms with Gasteiger partial charge in [0.25, 0.3) is 5.91 Å². The molecule has 0 saturated carbocycles. The highest BCUT2D eigenvalue weighted by molar-refractivity contribution is 8.26. The van der Waals surface area contributed by atoms with Crippen LogP contribution >= 0.6 is 24.0 Å². The third-order valence-electron chi connectivity index (χ3n) is 4.10. The second kappa shape index (κ2) is 7.50. The number of para-hydroxylation sites is 2. The number of hydrogen-bond acceptors (Lipinski definition) is 7. The number of anilines is 1. The Morgan fingerprint density at radius 2 is 2.07 bits per heavy atom. The molecule has 0 unspecified atom stereocenters. The summed E-state index contributed by atoms with van der Waals surface area (Å²) in [7, 11) is 1.61. The van der Waals surface area contributed by atoms with Gasteiger partial charge in [-0.05, 0) is 35.9 Å². The zero-order valence-corrected chi connectivity index (χ0v) is 16.1. The summed E-state index contributed by atoms with van der Waals surface area (Å²) in [5, 5.41) is 3.20.